The van der Waals surface area contributed by atoms with Crippen LogP contribution in [0.2, 0.25) is 5.02 Å². The fourth-order valence-electron chi connectivity index (χ4n) is 2.24. The normalized spacial score (nSPS) is 14.8. The van der Waals surface area contributed by atoms with Crippen molar-refractivity contribution in [1.82, 2.24) is 5.06 Å². The van der Waals surface area contributed by atoms with Crippen molar-refractivity contribution in [2.75, 3.05) is 6.61 Å². The summed E-state index contributed by atoms with van der Waals surface area (Å²) in [6.07, 6.45) is -0.347. The van der Waals surface area contributed by atoms with Gasteiger partial charge in [0.1, 0.15) is 18.5 Å². The van der Waals surface area contributed by atoms with Gasteiger partial charge in [0, 0.05) is 5.02 Å². The minimum atomic E-state index is -0.454. The molecule has 118 valence electrons. The number of ether oxygens (including phenoxy) is 1. The number of halogens is 1. The van der Waals surface area contributed by atoms with Crippen LogP contribution in [-0.2, 0) is 4.84 Å². The van der Waals surface area contributed by atoms with E-state index in [0.717, 1.165) is 5.06 Å². The van der Waals surface area contributed by atoms with Crippen LogP contribution in [0.15, 0.2) is 48.5 Å². The lowest BCUT2D eigenvalue weighted by Gasteiger charge is -2.18. The molecule has 0 N–H and O–H groups in total. The number of rotatable bonds is 5. The Hall–Kier alpha value is -2.37. The van der Waals surface area contributed by atoms with Gasteiger partial charge in [0.2, 0.25) is 0 Å². The van der Waals surface area contributed by atoms with Crippen LogP contribution in [0.5, 0.6) is 5.75 Å². The first-order valence-electron chi connectivity index (χ1n) is 7.09. The third-order valence-corrected chi connectivity index (χ3v) is 3.60. The van der Waals surface area contributed by atoms with Gasteiger partial charge >= 0.3 is 0 Å². The van der Waals surface area contributed by atoms with Gasteiger partial charge in [0.15, 0.2) is 0 Å². The number of amides is 2. The molecule has 1 aliphatic heterocycles. The number of fused-ring (bicyclic) bond motifs is 1. The van der Waals surface area contributed by atoms with E-state index in [1.807, 2.05) is 0 Å². The number of benzene rings is 2. The summed E-state index contributed by atoms with van der Waals surface area (Å²) in [4.78, 5) is 29.6. The van der Waals surface area contributed by atoms with Gasteiger partial charge in [-0.3, -0.25) is 14.4 Å². The van der Waals surface area contributed by atoms with E-state index in [1.54, 1.807) is 55.5 Å². The summed E-state index contributed by atoms with van der Waals surface area (Å²) < 4.78 is 5.64. The van der Waals surface area contributed by atoms with Gasteiger partial charge in [0.25, 0.3) is 11.8 Å². The van der Waals surface area contributed by atoms with E-state index >= 15 is 0 Å². The molecule has 0 bridgehead atoms. The highest BCUT2D eigenvalue weighted by Gasteiger charge is 2.36. The van der Waals surface area contributed by atoms with Crippen molar-refractivity contribution in [2.24, 2.45) is 0 Å². The van der Waals surface area contributed by atoms with E-state index in [-0.39, 0.29) is 12.7 Å². The first-order valence-corrected chi connectivity index (χ1v) is 7.47. The van der Waals surface area contributed by atoms with Crippen LogP contribution in [-0.4, -0.2) is 29.6 Å². The summed E-state index contributed by atoms with van der Waals surface area (Å²) in [5.41, 5.74) is 0.701. The maximum atomic E-state index is 12.1. The molecule has 0 saturated heterocycles. The van der Waals surface area contributed by atoms with Gasteiger partial charge in [-0.2, -0.15) is 0 Å². The summed E-state index contributed by atoms with van der Waals surface area (Å²) in [5.74, 6) is -0.276. The SMILES string of the molecule is C[C@H](CON1C(=O)c2ccccc2C1=O)Oc1ccc(Cl)cc1. The number of hydroxylamine groups is 2. The largest absolute Gasteiger partial charge is 0.488 e. The Bertz CT molecular complexity index is 710. The number of carbonyl (C=O) groups excluding carboxylic acids is 2. The lowest BCUT2D eigenvalue weighted by molar-refractivity contribution is -0.109. The molecule has 0 spiro atoms. The number of hydrogen-bond donors (Lipinski definition) is 0. The standard InChI is InChI=1S/C17H14ClNO4/c1-11(23-13-8-6-12(18)7-9-13)10-22-19-16(20)14-4-2-3-5-15(14)17(19)21/h2-9,11H,10H2,1H3/t11-/m1/s1. The topological polar surface area (TPSA) is 55.8 Å². The van der Waals surface area contributed by atoms with Crippen LogP contribution in [0.25, 0.3) is 0 Å². The van der Waals surface area contributed by atoms with Crippen molar-refractivity contribution < 1.29 is 19.2 Å². The van der Waals surface area contributed by atoms with Crippen molar-refractivity contribution in [2.45, 2.75) is 13.0 Å². The molecule has 6 heteroatoms. The fourth-order valence-corrected chi connectivity index (χ4v) is 2.37. The van der Waals surface area contributed by atoms with Gasteiger partial charge < -0.3 is 4.74 Å². The van der Waals surface area contributed by atoms with Crippen LogP contribution in [0, 0.1) is 0 Å². The van der Waals surface area contributed by atoms with Crippen molar-refractivity contribution in [3.63, 3.8) is 0 Å². The van der Waals surface area contributed by atoms with Crippen LogP contribution in [0.1, 0.15) is 27.6 Å². The maximum absolute atomic E-state index is 12.1. The molecule has 2 aromatic rings. The van der Waals surface area contributed by atoms with Crippen LogP contribution < -0.4 is 4.74 Å². The predicted molar refractivity (Wildman–Crippen MR) is 84.4 cm³/mol. The van der Waals surface area contributed by atoms with Gasteiger partial charge in [0.05, 0.1) is 11.1 Å². The summed E-state index contributed by atoms with van der Waals surface area (Å²) in [6.45, 7) is 1.85. The van der Waals surface area contributed by atoms with Gasteiger partial charge in [-0.05, 0) is 43.3 Å². The molecule has 1 aliphatic rings. The van der Waals surface area contributed by atoms with Gasteiger partial charge in [-0.1, -0.05) is 23.7 Å². The second kappa shape index (κ2) is 6.40. The zero-order chi connectivity index (χ0) is 16.4. The molecule has 2 amide bonds. The molecule has 2 aromatic carbocycles. The average Bonchev–Trinajstić information content (AvgIpc) is 2.80. The van der Waals surface area contributed by atoms with E-state index < -0.39 is 11.8 Å². The van der Waals surface area contributed by atoms with E-state index in [2.05, 4.69) is 0 Å². The highest BCUT2D eigenvalue weighted by molar-refractivity contribution is 6.30. The number of nitrogens with zero attached hydrogens (tertiary/aromatic N) is 1. The lowest BCUT2D eigenvalue weighted by Crippen LogP contribution is -2.34. The molecular weight excluding hydrogens is 318 g/mol. The minimum Gasteiger partial charge on any atom is -0.488 e. The van der Waals surface area contributed by atoms with Crippen molar-refractivity contribution in [3.8, 4) is 5.75 Å². The zero-order valence-corrected chi connectivity index (χ0v) is 13.1. The first kappa shape index (κ1) is 15.5. The number of imide groups is 1. The van der Waals surface area contributed by atoms with Gasteiger partial charge in [-0.15, -0.1) is 5.06 Å². The van der Waals surface area contributed by atoms with Crippen LogP contribution in [0.4, 0.5) is 0 Å². The molecule has 5 nitrogen and oxygen atoms in total. The second-order valence-corrected chi connectivity index (χ2v) is 5.56. The first-order chi connectivity index (χ1) is 11.1. The third-order valence-electron chi connectivity index (χ3n) is 3.35. The van der Waals surface area contributed by atoms with E-state index in [0.29, 0.717) is 21.9 Å². The molecule has 0 unspecified atom stereocenters. The Balaban J connectivity index is 1.59. The van der Waals surface area contributed by atoms with Gasteiger partial charge in [-0.25, -0.2) is 0 Å². The highest BCUT2D eigenvalue weighted by atomic mass is 35.5. The Morgan fingerprint density at radius 1 is 1.00 bits per heavy atom. The second-order valence-electron chi connectivity index (χ2n) is 5.13. The Labute approximate surface area is 138 Å². The predicted octanol–water partition coefficient (Wildman–Crippen LogP) is 3.34. The molecule has 0 radical (unpaired) electrons. The molecule has 3 rings (SSSR count). The van der Waals surface area contributed by atoms with Crippen LogP contribution in [0.3, 0.4) is 0 Å². The van der Waals surface area contributed by atoms with Crippen LogP contribution >= 0.6 is 11.6 Å². The molecule has 0 aromatic heterocycles. The molecule has 0 fully saturated rings. The molecule has 1 atom stereocenters. The third kappa shape index (κ3) is 3.21. The zero-order valence-electron chi connectivity index (χ0n) is 12.4. The van der Waals surface area contributed by atoms with Crippen molar-refractivity contribution in [3.05, 3.63) is 64.7 Å². The Morgan fingerprint density at radius 3 is 2.13 bits per heavy atom. The van der Waals surface area contributed by atoms with Crippen molar-refractivity contribution >= 4 is 23.4 Å². The average molecular weight is 332 g/mol. The summed E-state index contributed by atoms with van der Waals surface area (Å²) in [7, 11) is 0. The summed E-state index contributed by atoms with van der Waals surface area (Å²) in [6, 6.07) is 13.5. The lowest BCUT2D eigenvalue weighted by atomic mass is 10.1. The summed E-state index contributed by atoms with van der Waals surface area (Å²) in [5, 5.41) is 1.40. The summed E-state index contributed by atoms with van der Waals surface area (Å²) >= 11 is 5.81. The number of hydrogen-bond acceptors (Lipinski definition) is 4. The molecule has 0 saturated carbocycles. The minimum absolute atomic E-state index is 0.0636. The van der Waals surface area contributed by atoms with E-state index in [1.165, 1.54) is 0 Å². The van der Waals surface area contributed by atoms with E-state index in [9.17, 15) is 9.59 Å². The van der Waals surface area contributed by atoms with E-state index in [4.69, 9.17) is 21.2 Å². The molecule has 0 aliphatic carbocycles. The maximum Gasteiger partial charge on any atom is 0.285 e. The molecule has 1 heterocycles. The molecular formula is C17H14ClNO4. The smallest absolute Gasteiger partial charge is 0.285 e. The monoisotopic (exact) mass is 331 g/mol. The van der Waals surface area contributed by atoms with Crippen molar-refractivity contribution in [1.29, 1.82) is 0 Å². The number of carbonyl (C=O) groups is 2. The quantitative estimate of drug-likeness (QED) is 0.788. The highest BCUT2D eigenvalue weighted by Crippen LogP contribution is 2.23. The Kier molecular flexibility index (Phi) is 4.32. The Morgan fingerprint density at radius 2 is 1.57 bits per heavy atom. The fraction of sp³-hybridized carbons (Fsp3) is 0.176. The molecule has 23 heavy (non-hydrogen) atoms.